The first-order valence-corrected chi connectivity index (χ1v) is 5.14. The third-order valence-corrected chi connectivity index (χ3v) is 2.59. The van der Waals surface area contributed by atoms with E-state index in [9.17, 15) is 4.79 Å². The molecule has 1 aliphatic carbocycles. The summed E-state index contributed by atoms with van der Waals surface area (Å²) in [4.78, 5) is 12.8. The second-order valence-electron chi connectivity index (χ2n) is 4.25. The van der Waals surface area contributed by atoms with E-state index in [-0.39, 0.29) is 5.56 Å². The molecule has 0 saturated heterocycles. The van der Waals surface area contributed by atoms with E-state index in [1.807, 2.05) is 7.05 Å². The van der Waals surface area contributed by atoms with Gasteiger partial charge in [-0.1, -0.05) is 0 Å². The van der Waals surface area contributed by atoms with Gasteiger partial charge in [0.25, 0.3) is 0 Å². The molecule has 0 aromatic carbocycles. The van der Waals surface area contributed by atoms with E-state index >= 15 is 0 Å². The number of carbonyl (C=O) groups is 1. The van der Waals surface area contributed by atoms with Gasteiger partial charge in [-0.25, -0.2) is 4.79 Å². The highest BCUT2D eigenvalue weighted by Gasteiger charge is 2.23. The van der Waals surface area contributed by atoms with Crippen molar-refractivity contribution in [2.24, 2.45) is 5.92 Å². The molecule has 1 heterocycles. The monoisotopic (exact) mass is 209 g/mol. The van der Waals surface area contributed by atoms with Gasteiger partial charge in [0.1, 0.15) is 12.0 Å². The van der Waals surface area contributed by atoms with Crippen LogP contribution in [0, 0.1) is 5.92 Å². The Labute approximate surface area is 88.5 Å². The fourth-order valence-electron chi connectivity index (χ4n) is 1.65. The van der Waals surface area contributed by atoms with Crippen molar-refractivity contribution in [1.82, 2.24) is 4.90 Å². The fourth-order valence-corrected chi connectivity index (χ4v) is 1.65. The number of rotatable bonds is 5. The van der Waals surface area contributed by atoms with E-state index in [4.69, 9.17) is 9.52 Å². The third kappa shape index (κ3) is 2.83. The summed E-state index contributed by atoms with van der Waals surface area (Å²) in [6, 6.07) is 1.59. The molecule has 0 aliphatic heterocycles. The molecule has 0 bridgehead atoms. The Kier molecular flexibility index (Phi) is 2.77. The van der Waals surface area contributed by atoms with Crippen molar-refractivity contribution < 1.29 is 14.3 Å². The lowest BCUT2D eigenvalue weighted by Gasteiger charge is -2.13. The molecule has 1 aliphatic rings. The molecule has 0 spiro atoms. The summed E-state index contributed by atoms with van der Waals surface area (Å²) in [6.45, 7) is 1.76. The van der Waals surface area contributed by atoms with E-state index in [0.29, 0.717) is 6.54 Å². The van der Waals surface area contributed by atoms with Gasteiger partial charge in [-0.2, -0.15) is 0 Å². The zero-order valence-electron chi connectivity index (χ0n) is 8.77. The van der Waals surface area contributed by atoms with E-state index in [1.165, 1.54) is 19.1 Å². The van der Waals surface area contributed by atoms with E-state index < -0.39 is 5.97 Å². The first-order chi connectivity index (χ1) is 7.15. The summed E-state index contributed by atoms with van der Waals surface area (Å²) >= 11 is 0. The van der Waals surface area contributed by atoms with Crippen LogP contribution in [0.15, 0.2) is 16.7 Å². The van der Waals surface area contributed by atoms with E-state index in [1.54, 1.807) is 6.07 Å². The lowest BCUT2D eigenvalue weighted by molar-refractivity contribution is 0.0696. The standard InChI is InChI=1S/C11H15NO3/c1-12(5-8-2-3-8)6-10-4-9(7-15-10)11(13)14/h4,7-8H,2-3,5-6H2,1H3,(H,13,14). The molecule has 1 N–H and O–H groups in total. The van der Waals surface area contributed by atoms with Crippen LogP contribution < -0.4 is 0 Å². The molecule has 0 atom stereocenters. The minimum atomic E-state index is -0.935. The molecule has 1 aromatic heterocycles. The topological polar surface area (TPSA) is 53.7 Å². The Morgan fingerprint density at radius 2 is 2.40 bits per heavy atom. The molecule has 0 unspecified atom stereocenters. The van der Waals surface area contributed by atoms with E-state index in [0.717, 1.165) is 18.2 Å². The Morgan fingerprint density at radius 3 is 2.93 bits per heavy atom. The predicted molar refractivity (Wildman–Crippen MR) is 54.7 cm³/mol. The van der Waals surface area contributed by atoms with Gasteiger partial charge in [0.15, 0.2) is 0 Å². The van der Waals surface area contributed by atoms with Crippen LogP contribution in [0.2, 0.25) is 0 Å². The maximum Gasteiger partial charge on any atom is 0.338 e. The van der Waals surface area contributed by atoms with E-state index in [2.05, 4.69) is 4.90 Å². The summed E-state index contributed by atoms with van der Waals surface area (Å²) < 4.78 is 5.18. The first-order valence-electron chi connectivity index (χ1n) is 5.14. The highest BCUT2D eigenvalue weighted by molar-refractivity contribution is 5.87. The summed E-state index contributed by atoms with van der Waals surface area (Å²) in [5.41, 5.74) is 0.227. The number of carboxylic acids is 1. The molecule has 2 rings (SSSR count). The van der Waals surface area contributed by atoms with Crippen LogP contribution in [-0.4, -0.2) is 29.6 Å². The quantitative estimate of drug-likeness (QED) is 0.803. The lowest BCUT2D eigenvalue weighted by Crippen LogP contribution is -2.19. The fraction of sp³-hybridized carbons (Fsp3) is 0.545. The molecule has 15 heavy (non-hydrogen) atoms. The average molecular weight is 209 g/mol. The molecule has 4 nitrogen and oxygen atoms in total. The highest BCUT2D eigenvalue weighted by atomic mass is 16.4. The van der Waals surface area contributed by atoms with Gasteiger partial charge in [0.05, 0.1) is 12.1 Å². The normalized spacial score (nSPS) is 15.9. The summed E-state index contributed by atoms with van der Waals surface area (Å²) in [5.74, 6) is 0.620. The average Bonchev–Trinajstić information content (AvgIpc) is 2.82. The smallest absolute Gasteiger partial charge is 0.338 e. The second-order valence-corrected chi connectivity index (χ2v) is 4.25. The van der Waals surface area contributed by atoms with Crippen molar-refractivity contribution in [1.29, 1.82) is 0 Å². The lowest BCUT2D eigenvalue weighted by atomic mass is 10.3. The van der Waals surface area contributed by atoms with Crippen molar-refractivity contribution in [3.05, 3.63) is 23.7 Å². The molecule has 0 radical (unpaired) electrons. The van der Waals surface area contributed by atoms with Crippen LogP contribution in [-0.2, 0) is 6.54 Å². The Hall–Kier alpha value is -1.29. The Balaban J connectivity index is 1.88. The van der Waals surface area contributed by atoms with Crippen LogP contribution in [0.3, 0.4) is 0 Å². The molecule has 1 saturated carbocycles. The van der Waals surface area contributed by atoms with Crippen LogP contribution in [0.5, 0.6) is 0 Å². The van der Waals surface area contributed by atoms with Crippen LogP contribution in [0.25, 0.3) is 0 Å². The molecule has 0 amide bonds. The van der Waals surface area contributed by atoms with Crippen molar-refractivity contribution in [3.63, 3.8) is 0 Å². The Bertz CT molecular complexity index is 354. The first kappa shape index (κ1) is 10.2. The number of furan rings is 1. The van der Waals surface area contributed by atoms with Crippen LogP contribution >= 0.6 is 0 Å². The zero-order valence-corrected chi connectivity index (χ0v) is 8.77. The summed E-state index contributed by atoms with van der Waals surface area (Å²) in [7, 11) is 2.03. The van der Waals surface area contributed by atoms with Gasteiger partial charge in [-0.3, -0.25) is 4.90 Å². The van der Waals surface area contributed by atoms with Crippen LogP contribution in [0.4, 0.5) is 0 Å². The number of carboxylic acid groups (broad SMARTS) is 1. The number of nitrogens with zero attached hydrogens (tertiary/aromatic N) is 1. The maximum atomic E-state index is 10.6. The van der Waals surface area contributed by atoms with Crippen molar-refractivity contribution >= 4 is 5.97 Å². The number of aromatic carboxylic acids is 1. The van der Waals surface area contributed by atoms with Gasteiger partial charge in [-0.05, 0) is 31.9 Å². The maximum absolute atomic E-state index is 10.6. The van der Waals surface area contributed by atoms with Gasteiger partial charge in [-0.15, -0.1) is 0 Å². The molecule has 82 valence electrons. The largest absolute Gasteiger partial charge is 0.478 e. The molecular formula is C11H15NO3. The third-order valence-electron chi connectivity index (χ3n) is 2.59. The molecule has 4 heteroatoms. The van der Waals surface area contributed by atoms with Crippen LogP contribution in [0.1, 0.15) is 29.0 Å². The van der Waals surface area contributed by atoms with Gasteiger partial charge >= 0.3 is 5.97 Å². The highest BCUT2D eigenvalue weighted by Crippen LogP contribution is 2.29. The molecule has 1 aromatic rings. The summed E-state index contributed by atoms with van der Waals surface area (Å²) in [6.07, 6.45) is 3.94. The SMILES string of the molecule is CN(Cc1cc(C(=O)O)co1)CC1CC1. The number of hydrogen-bond acceptors (Lipinski definition) is 3. The van der Waals surface area contributed by atoms with Gasteiger partial charge in [0, 0.05) is 6.54 Å². The van der Waals surface area contributed by atoms with Gasteiger partial charge in [0.2, 0.25) is 0 Å². The molecular weight excluding hydrogens is 194 g/mol. The number of hydrogen-bond donors (Lipinski definition) is 1. The molecule has 1 fully saturated rings. The van der Waals surface area contributed by atoms with Crippen molar-refractivity contribution in [2.75, 3.05) is 13.6 Å². The second kappa shape index (κ2) is 4.06. The van der Waals surface area contributed by atoms with Crippen molar-refractivity contribution in [2.45, 2.75) is 19.4 Å². The Morgan fingerprint density at radius 1 is 1.67 bits per heavy atom. The minimum Gasteiger partial charge on any atom is -0.478 e. The minimum absolute atomic E-state index is 0.227. The summed E-state index contributed by atoms with van der Waals surface area (Å²) in [5, 5.41) is 8.71. The van der Waals surface area contributed by atoms with Crippen molar-refractivity contribution in [3.8, 4) is 0 Å². The predicted octanol–water partition coefficient (Wildman–Crippen LogP) is 1.82. The van der Waals surface area contributed by atoms with Gasteiger partial charge < -0.3 is 9.52 Å². The zero-order chi connectivity index (χ0) is 10.8.